The van der Waals surface area contributed by atoms with Crippen LogP contribution in [-0.2, 0) is 18.3 Å². The van der Waals surface area contributed by atoms with Gasteiger partial charge in [0.25, 0.3) is 0 Å². The van der Waals surface area contributed by atoms with E-state index in [1.54, 1.807) is 17.9 Å². The summed E-state index contributed by atoms with van der Waals surface area (Å²) >= 11 is 0. The topological polar surface area (TPSA) is 116 Å². The summed E-state index contributed by atoms with van der Waals surface area (Å²) in [5, 5.41) is 26.1. The van der Waals surface area contributed by atoms with E-state index < -0.39 is 18.1 Å². The number of urea groups is 1. The highest BCUT2D eigenvalue weighted by atomic mass is 16.4. The molecule has 18 heavy (non-hydrogen) atoms. The molecule has 1 heterocycles. The lowest BCUT2D eigenvalue weighted by molar-refractivity contribution is -0.146. The summed E-state index contributed by atoms with van der Waals surface area (Å²) in [6.45, 7) is 0.0781. The fraction of sp³-hybridized carbons (Fsp3) is 0.500. The third kappa shape index (κ3) is 4.83. The summed E-state index contributed by atoms with van der Waals surface area (Å²) in [4.78, 5) is 21.5. The Bertz CT molecular complexity index is 418. The molecule has 0 unspecified atom stereocenters. The molecule has 0 saturated heterocycles. The number of aliphatic hydroxyl groups excluding tert-OH is 1. The van der Waals surface area contributed by atoms with Gasteiger partial charge in [-0.25, -0.2) is 9.59 Å². The first kappa shape index (κ1) is 14.0. The van der Waals surface area contributed by atoms with Crippen LogP contribution in [0, 0.1) is 0 Å². The molecule has 0 spiro atoms. The van der Waals surface area contributed by atoms with Crippen molar-refractivity contribution >= 4 is 12.0 Å². The van der Waals surface area contributed by atoms with Crippen LogP contribution in [0.3, 0.4) is 0 Å². The molecule has 0 aliphatic rings. The summed E-state index contributed by atoms with van der Waals surface area (Å²) in [6.07, 6.45) is 2.58. The molecule has 0 radical (unpaired) electrons. The molecule has 0 fully saturated rings. The molecule has 0 bridgehead atoms. The number of aryl methyl sites for hydroxylation is 1. The molecule has 0 saturated carbocycles. The number of nitrogens with one attached hydrogen (secondary N) is 2. The average Bonchev–Trinajstić information content (AvgIpc) is 2.71. The number of aliphatic carboxylic acids is 1. The monoisotopic (exact) mass is 256 g/mol. The Morgan fingerprint density at radius 2 is 2.22 bits per heavy atom. The summed E-state index contributed by atoms with van der Waals surface area (Å²) < 4.78 is 1.67. The Morgan fingerprint density at radius 3 is 2.78 bits per heavy atom. The van der Waals surface area contributed by atoms with Gasteiger partial charge in [0.15, 0.2) is 6.10 Å². The van der Waals surface area contributed by atoms with Crippen molar-refractivity contribution in [2.24, 2.45) is 7.05 Å². The van der Waals surface area contributed by atoms with Crippen molar-refractivity contribution in [1.29, 1.82) is 0 Å². The molecule has 8 nitrogen and oxygen atoms in total. The first-order chi connectivity index (χ1) is 8.49. The van der Waals surface area contributed by atoms with Gasteiger partial charge in [0.1, 0.15) is 0 Å². The number of carbonyl (C=O) groups is 2. The highest BCUT2D eigenvalue weighted by Crippen LogP contribution is 1.95. The zero-order valence-corrected chi connectivity index (χ0v) is 9.96. The van der Waals surface area contributed by atoms with Crippen LogP contribution in [0.4, 0.5) is 4.79 Å². The molecule has 1 aromatic rings. The first-order valence-electron chi connectivity index (χ1n) is 5.39. The van der Waals surface area contributed by atoms with Gasteiger partial charge in [0, 0.05) is 19.8 Å². The van der Waals surface area contributed by atoms with Gasteiger partial charge < -0.3 is 20.8 Å². The fourth-order valence-corrected chi connectivity index (χ4v) is 1.26. The number of hydrogen-bond donors (Lipinski definition) is 4. The molecule has 1 atom stereocenters. The molecule has 0 aromatic carbocycles. The number of aromatic nitrogens is 2. The highest BCUT2D eigenvalue weighted by Gasteiger charge is 2.13. The van der Waals surface area contributed by atoms with Crippen LogP contribution in [0.5, 0.6) is 0 Å². The van der Waals surface area contributed by atoms with Gasteiger partial charge in [0.2, 0.25) is 0 Å². The molecule has 0 aliphatic heterocycles. The summed E-state index contributed by atoms with van der Waals surface area (Å²) in [5.41, 5.74) is 0.989. The molecular formula is C10H16N4O4. The lowest BCUT2D eigenvalue weighted by Gasteiger charge is -2.08. The molecule has 2 amide bonds. The van der Waals surface area contributed by atoms with Gasteiger partial charge in [-0.15, -0.1) is 0 Å². The Morgan fingerprint density at radius 1 is 1.50 bits per heavy atom. The zero-order valence-electron chi connectivity index (χ0n) is 9.96. The number of carboxylic acid groups (broad SMARTS) is 1. The molecule has 100 valence electrons. The van der Waals surface area contributed by atoms with Gasteiger partial charge >= 0.3 is 12.0 Å². The second kappa shape index (κ2) is 6.60. The normalized spacial score (nSPS) is 11.9. The molecule has 4 N–H and O–H groups in total. The Kier molecular flexibility index (Phi) is 5.12. The second-order valence-electron chi connectivity index (χ2n) is 3.76. The van der Waals surface area contributed by atoms with Crippen molar-refractivity contribution in [3.8, 4) is 0 Å². The van der Waals surface area contributed by atoms with Gasteiger partial charge in [-0.05, 0) is 12.0 Å². The van der Waals surface area contributed by atoms with Gasteiger partial charge in [-0.3, -0.25) is 4.68 Å². The van der Waals surface area contributed by atoms with Crippen molar-refractivity contribution in [2.45, 2.75) is 12.5 Å². The average molecular weight is 256 g/mol. The van der Waals surface area contributed by atoms with Crippen LogP contribution < -0.4 is 10.6 Å². The number of nitrogens with zero attached hydrogens (tertiary/aromatic N) is 2. The number of carbonyl (C=O) groups excluding carboxylic acids is 1. The van der Waals surface area contributed by atoms with E-state index in [4.69, 9.17) is 10.2 Å². The van der Waals surface area contributed by atoms with Crippen molar-refractivity contribution in [3.63, 3.8) is 0 Å². The summed E-state index contributed by atoms with van der Waals surface area (Å²) in [7, 11) is 1.80. The number of rotatable bonds is 6. The fourth-order valence-electron chi connectivity index (χ4n) is 1.26. The number of carboxylic acids is 1. The zero-order chi connectivity index (χ0) is 13.5. The number of aliphatic hydroxyl groups is 1. The Hall–Kier alpha value is -2.09. The molecule has 1 rings (SSSR count). The standard InChI is InChI=1S/C10H16N4O4/c1-14-6-7(4-13-14)2-3-11-10(18)12-5-8(15)9(16)17/h4,6,8,15H,2-3,5H2,1H3,(H,16,17)(H2,11,12,18)/t8-/m0/s1. The highest BCUT2D eigenvalue weighted by molar-refractivity contribution is 5.76. The smallest absolute Gasteiger partial charge is 0.334 e. The van der Waals surface area contributed by atoms with Crippen LogP contribution in [-0.4, -0.2) is 51.2 Å². The van der Waals surface area contributed by atoms with Crippen molar-refractivity contribution in [1.82, 2.24) is 20.4 Å². The molecule has 8 heteroatoms. The maximum atomic E-state index is 11.2. The van der Waals surface area contributed by atoms with E-state index in [0.717, 1.165) is 5.56 Å². The van der Waals surface area contributed by atoms with Crippen LogP contribution in [0.1, 0.15) is 5.56 Å². The van der Waals surface area contributed by atoms with E-state index in [1.807, 2.05) is 6.20 Å². The molecular weight excluding hydrogens is 240 g/mol. The van der Waals surface area contributed by atoms with E-state index in [-0.39, 0.29) is 6.54 Å². The Balaban J connectivity index is 2.15. The van der Waals surface area contributed by atoms with Crippen LogP contribution in [0.15, 0.2) is 12.4 Å². The maximum absolute atomic E-state index is 11.2. The lowest BCUT2D eigenvalue weighted by Crippen LogP contribution is -2.42. The van der Waals surface area contributed by atoms with Gasteiger partial charge in [-0.1, -0.05) is 0 Å². The third-order valence-corrected chi connectivity index (χ3v) is 2.20. The van der Waals surface area contributed by atoms with E-state index in [0.29, 0.717) is 13.0 Å². The molecule has 0 aliphatic carbocycles. The minimum atomic E-state index is -1.59. The minimum absolute atomic E-state index is 0.325. The largest absolute Gasteiger partial charge is 0.479 e. The predicted octanol–water partition coefficient (Wildman–Crippen LogP) is -1.29. The quantitative estimate of drug-likeness (QED) is 0.505. The lowest BCUT2D eigenvalue weighted by atomic mass is 10.2. The molecule has 1 aromatic heterocycles. The Labute approximate surface area is 104 Å². The summed E-state index contributed by atoms with van der Waals surface area (Å²) in [6, 6.07) is -0.515. The number of hydrogen-bond acceptors (Lipinski definition) is 4. The van der Waals surface area contributed by atoms with E-state index in [1.165, 1.54) is 0 Å². The SMILES string of the molecule is Cn1cc(CCNC(=O)NC[C@H](O)C(=O)O)cn1. The van der Waals surface area contributed by atoms with E-state index in [2.05, 4.69) is 15.7 Å². The number of amides is 2. The second-order valence-corrected chi connectivity index (χ2v) is 3.76. The van der Waals surface area contributed by atoms with Gasteiger partial charge in [0.05, 0.1) is 12.7 Å². The predicted molar refractivity (Wildman–Crippen MR) is 62.0 cm³/mol. The van der Waals surface area contributed by atoms with Crippen molar-refractivity contribution in [3.05, 3.63) is 18.0 Å². The van der Waals surface area contributed by atoms with Gasteiger partial charge in [-0.2, -0.15) is 5.10 Å². The van der Waals surface area contributed by atoms with Crippen LogP contribution >= 0.6 is 0 Å². The van der Waals surface area contributed by atoms with E-state index in [9.17, 15) is 9.59 Å². The third-order valence-electron chi connectivity index (χ3n) is 2.20. The van der Waals surface area contributed by atoms with Crippen LogP contribution in [0.25, 0.3) is 0 Å². The van der Waals surface area contributed by atoms with Crippen LogP contribution in [0.2, 0.25) is 0 Å². The maximum Gasteiger partial charge on any atom is 0.334 e. The first-order valence-corrected chi connectivity index (χ1v) is 5.39. The van der Waals surface area contributed by atoms with Crippen molar-refractivity contribution in [2.75, 3.05) is 13.1 Å². The van der Waals surface area contributed by atoms with E-state index >= 15 is 0 Å². The summed E-state index contributed by atoms with van der Waals surface area (Å²) in [5.74, 6) is -1.37. The minimum Gasteiger partial charge on any atom is -0.479 e. The van der Waals surface area contributed by atoms with Crippen molar-refractivity contribution < 1.29 is 19.8 Å².